The van der Waals surface area contributed by atoms with Gasteiger partial charge in [0.2, 0.25) is 5.91 Å². The van der Waals surface area contributed by atoms with E-state index in [1.165, 1.54) is 0 Å². The van der Waals surface area contributed by atoms with E-state index < -0.39 is 0 Å². The molecule has 4 heterocycles. The molecular formula is C26H32N6O2. The Labute approximate surface area is 199 Å². The van der Waals surface area contributed by atoms with Crippen molar-refractivity contribution >= 4 is 27.8 Å². The highest BCUT2D eigenvalue weighted by atomic mass is 16.5. The van der Waals surface area contributed by atoms with Crippen molar-refractivity contribution < 1.29 is 9.53 Å². The van der Waals surface area contributed by atoms with E-state index in [2.05, 4.69) is 38.2 Å². The zero-order valence-corrected chi connectivity index (χ0v) is 19.9. The number of likely N-dealkylation sites (N-methyl/N-ethyl adjacent to an activating group) is 1. The minimum atomic E-state index is 0.0240. The van der Waals surface area contributed by atoms with Gasteiger partial charge in [0.1, 0.15) is 17.9 Å². The molecule has 0 atom stereocenters. The third-order valence-corrected chi connectivity index (χ3v) is 6.65. The first-order valence-corrected chi connectivity index (χ1v) is 11.9. The third kappa shape index (κ3) is 4.78. The number of H-pyrrole nitrogens is 1. The molecule has 1 fully saturated rings. The Bertz CT molecular complexity index is 1250. The molecule has 1 aliphatic heterocycles. The van der Waals surface area contributed by atoms with Gasteiger partial charge >= 0.3 is 0 Å². The fourth-order valence-electron chi connectivity index (χ4n) is 4.66. The number of hydrogen-bond donors (Lipinski definition) is 2. The van der Waals surface area contributed by atoms with Gasteiger partial charge in [-0.25, -0.2) is 4.98 Å². The van der Waals surface area contributed by atoms with Gasteiger partial charge in [0.05, 0.1) is 7.11 Å². The maximum Gasteiger partial charge on any atom is 0.239 e. The summed E-state index contributed by atoms with van der Waals surface area (Å²) in [6.45, 7) is 6.44. The fraction of sp³-hybridized carbons (Fsp3) is 0.385. The average molecular weight is 461 g/mol. The Balaban J connectivity index is 1.29. The number of piperazine rings is 1. The van der Waals surface area contributed by atoms with E-state index in [4.69, 9.17) is 4.74 Å². The van der Waals surface area contributed by atoms with Gasteiger partial charge in [-0.15, -0.1) is 0 Å². The molecule has 0 unspecified atom stereocenters. The smallest absolute Gasteiger partial charge is 0.239 e. The van der Waals surface area contributed by atoms with Gasteiger partial charge in [0.25, 0.3) is 0 Å². The highest BCUT2D eigenvalue weighted by molar-refractivity contribution is 5.99. The Morgan fingerprint density at radius 2 is 2.03 bits per heavy atom. The van der Waals surface area contributed by atoms with E-state index in [0.29, 0.717) is 6.54 Å². The molecule has 3 aromatic heterocycles. The Hall–Kier alpha value is -3.36. The molecule has 0 saturated carbocycles. The molecule has 34 heavy (non-hydrogen) atoms. The Kier molecular flexibility index (Phi) is 6.51. The predicted molar refractivity (Wildman–Crippen MR) is 135 cm³/mol. The second-order valence-electron chi connectivity index (χ2n) is 9.03. The van der Waals surface area contributed by atoms with Crippen LogP contribution >= 0.6 is 0 Å². The highest BCUT2D eigenvalue weighted by Gasteiger charge is 2.16. The number of benzene rings is 1. The number of carbonyl (C=O) groups excluding carboxylic acids is 1. The van der Waals surface area contributed by atoms with Crippen LogP contribution in [0.15, 0.2) is 48.8 Å². The number of rotatable bonds is 8. The minimum Gasteiger partial charge on any atom is -0.497 e. The van der Waals surface area contributed by atoms with Crippen molar-refractivity contribution in [3.8, 4) is 17.0 Å². The molecule has 8 heteroatoms. The van der Waals surface area contributed by atoms with E-state index in [9.17, 15) is 4.79 Å². The van der Waals surface area contributed by atoms with E-state index in [1.807, 2.05) is 41.1 Å². The summed E-state index contributed by atoms with van der Waals surface area (Å²) in [5, 5.41) is 5.19. The van der Waals surface area contributed by atoms with Gasteiger partial charge in [0, 0.05) is 72.7 Å². The molecular weight excluding hydrogens is 428 g/mol. The summed E-state index contributed by atoms with van der Waals surface area (Å²) in [6, 6.07) is 12.0. The summed E-state index contributed by atoms with van der Waals surface area (Å²) in [5.74, 6) is 0.810. The molecule has 178 valence electrons. The zero-order valence-electron chi connectivity index (χ0n) is 19.9. The summed E-state index contributed by atoms with van der Waals surface area (Å²) >= 11 is 0. The van der Waals surface area contributed by atoms with Gasteiger partial charge in [-0.05, 0) is 56.4 Å². The van der Waals surface area contributed by atoms with Gasteiger partial charge < -0.3 is 29.4 Å². The molecule has 1 aromatic carbocycles. The molecule has 8 nitrogen and oxygen atoms in total. The monoisotopic (exact) mass is 460 g/mol. The second-order valence-corrected chi connectivity index (χ2v) is 9.03. The molecule has 2 N–H and O–H groups in total. The maximum absolute atomic E-state index is 12.8. The highest BCUT2D eigenvalue weighted by Crippen LogP contribution is 2.34. The zero-order chi connectivity index (χ0) is 23.5. The number of nitrogens with zero attached hydrogens (tertiary/aromatic N) is 4. The first kappa shape index (κ1) is 22.4. The molecule has 1 aliphatic rings. The summed E-state index contributed by atoms with van der Waals surface area (Å²) < 4.78 is 7.48. The van der Waals surface area contributed by atoms with Crippen molar-refractivity contribution in [3.05, 3.63) is 48.8 Å². The van der Waals surface area contributed by atoms with E-state index in [-0.39, 0.29) is 12.5 Å². The number of carbonyl (C=O) groups is 1. The number of amides is 1. The number of pyridine rings is 1. The van der Waals surface area contributed by atoms with Gasteiger partial charge in [-0.3, -0.25) is 4.79 Å². The molecule has 1 amide bonds. The minimum absolute atomic E-state index is 0.0240. The quantitative estimate of drug-likeness (QED) is 0.395. The lowest BCUT2D eigenvalue weighted by atomic mass is 10.1. The number of hydrogen-bond acceptors (Lipinski definition) is 5. The molecule has 4 aromatic rings. The standard InChI is InChI=1S/C26H32N6O2/c1-30-11-13-31(14-12-30)10-4-9-27-25(33)18-32-17-22(21-16-20(34-2)6-7-24(21)32)23-15-19-5-3-8-28-26(19)29-23/h3,5-8,15-17H,4,9-14,18H2,1-2H3,(H,27,33)(H,28,29). The molecule has 0 aliphatic carbocycles. The van der Waals surface area contributed by atoms with Crippen LogP contribution in [0.1, 0.15) is 6.42 Å². The topological polar surface area (TPSA) is 78.4 Å². The lowest BCUT2D eigenvalue weighted by molar-refractivity contribution is -0.121. The van der Waals surface area contributed by atoms with Crippen LogP contribution in [0.4, 0.5) is 0 Å². The van der Waals surface area contributed by atoms with Crippen molar-refractivity contribution in [2.75, 3.05) is 53.4 Å². The number of methoxy groups -OCH3 is 1. The molecule has 0 radical (unpaired) electrons. The molecule has 1 saturated heterocycles. The Morgan fingerprint density at radius 1 is 1.18 bits per heavy atom. The summed E-state index contributed by atoms with van der Waals surface area (Å²) in [5.41, 5.74) is 3.84. The largest absolute Gasteiger partial charge is 0.497 e. The van der Waals surface area contributed by atoms with Crippen molar-refractivity contribution in [2.45, 2.75) is 13.0 Å². The van der Waals surface area contributed by atoms with Crippen LogP contribution in [-0.2, 0) is 11.3 Å². The SMILES string of the molecule is COc1ccc2c(c1)c(-c1cc3cccnc3[nH]1)cn2CC(=O)NCCCN1CCN(C)CC1. The number of nitrogens with one attached hydrogen (secondary N) is 2. The van der Waals surface area contributed by atoms with Crippen LogP contribution in [0.2, 0.25) is 0 Å². The summed E-state index contributed by atoms with van der Waals surface area (Å²) in [6.07, 6.45) is 4.79. The number of aromatic amines is 1. The molecule has 5 rings (SSSR count). The van der Waals surface area contributed by atoms with Crippen molar-refractivity contribution in [1.29, 1.82) is 0 Å². The second kappa shape index (κ2) is 9.87. The number of ether oxygens (including phenoxy) is 1. The van der Waals surface area contributed by atoms with Gasteiger partial charge in [-0.2, -0.15) is 0 Å². The van der Waals surface area contributed by atoms with E-state index in [1.54, 1.807) is 13.3 Å². The van der Waals surface area contributed by atoms with Crippen LogP contribution in [-0.4, -0.2) is 83.7 Å². The normalized spacial score (nSPS) is 15.2. The van der Waals surface area contributed by atoms with Crippen molar-refractivity contribution in [3.63, 3.8) is 0 Å². The van der Waals surface area contributed by atoms with Crippen LogP contribution < -0.4 is 10.1 Å². The fourth-order valence-corrected chi connectivity index (χ4v) is 4.66. The van der Waals surface area contributed by atoms with Crippen LogP contribution in [0.25, 0.3) is 33.2 Å². The third-order valence-electron chi connectivity index (χ3n) is 6.65. The molecule has 0 spiro atoms. The number of aromatic nitrogens is 3. The van der Waals surface area contributed by atoms with E-state index in [0.717, 1.165) is 78.1 Å². The van der Waals surface area contributed by atoms with E-state index >= 15 is 0 Å². The van der Waals surface area contributed by atoms with Crippen LogP contribution in [0.3, 0.4) is 0 Å². The molecule has 0 bridgehead atoms. The van der Waals surface area contributed by atoms with Gasteiger partial charge in [-0.1, -0.05) is 0 Å². The van der Waals surface area contributed by atoms with Crippen molar-refractivity contribution in [2.24, 2.45) is 0 Å². The van der Waals surface area contributed by atoms with Crippen LogP contribution in [0.5, 0.6) is 5.75 Å². The van der Waals surface area contributed by atoms with Crippen LogP contribution in [0, 0.1) is 0 Å². The van der Waals surface area contributed by atoms with Crippen molar-refractivity contribution in [1.82, 2.24) is 29.7 Å². The Morgan fingerprint density at radius 3 is 2.82 bits per heavy atom. The van der Waals surface area contributed by atoms with Gasteiger partial charge in [0.15, 0.2) is 0 Å². The summed E-state index contributed by atoms with van der Waals surface area (Å²) in [4.78, 5) is 25.4. The lowest BCUT2D eigenvalue weighted by Crippen LogP contribution is -2.45. The first-order valence-electron chi connectivity index (χ1n) is 11.9. The summed E-state index contributed by atoms with van der Waals surface area (Å²) in [7, 11) is 3.83. The maximum atomic E-state index is 12.8. The lowest BCUT2D eigenvalue weighted by Gasteiger charge is -2.32. The average Bonchev–Trinajstić information content (AvgIpc) is 3.44. The number of fused-ring (bicyclic) bond motifs is 2. The predicted octanol–water partition coefficient (Wildman–Crippen LogP) is 2.95. The first-order chi connectivity index (χ1) is 16.6.